The van der Waals surface area contributed by atoms with Gasteiger partial charge < -0.3 is 19.4 Å². The first-order valence-corrected chi connectivity index (χ1v) is 13.3. The monoisotopic (exact) mass is 518 g/mol. The van der Waals surface area contributed by atoms with Crippen LogP contribution in [0.25, 0.3) is 22.6 Å². The molecule has 0 aliphatic carbocycles. The number of rotatable bonds is 7. The van der Waals surface area contributed by atoms with Gasteiger partial charge in [0.05, 0.1) is 30.3 Å². The zero-order chi connectivity index (χ0) is 26.8. The predicted octanol–water partition coefficient (Wildman–Crippen LogP) is 6.76. The van der Waals surface area contributed by atoms with Gasteiger partial charge in [-0.25, -0.2) is 9.78 Å². The number of hydrogen-bond acceptors (Lipinski definition) is 6. The normalized spacial score (nSPS) is 14.5. The Morgan fingerprint density at radius 1 is 1.05 bits per heavy atom. The SMILES string of the molecule is CCc1ccc(Nc2ccc3c(c2)OCCC3Cn2c(-c3cc(C(=O)OC)ccn3)nc3ccccc32)cc1. The molecular formula is C32H30N4O3. The molecule has 0 radical (unpaired) electrons. The first-order chi connectivity index (χ1) is 19.1. The number of fused-ring (bicyclic) bond motifs is 2. The number of para-hydroxylation sites is 2. The number of aromatic nitrogens is 3. The summed E-state index contributed by atoms with van der Waals surface area (Å²) in [5.41, 5.74) is 7.53. The summed E-state index contributed by atoms with van der Waals surface area (Å²) < 4.78 is 13.2. The molecule has 2 aromatic heterocycles. The van der Waals surface area contributed by atoms with Gasteiger partial charge in [0.15, 0.2) is 5.82 Å². The number of hydrogen-bond donors (Lipinski definition) is 1. The minimum Gasteiger partial charge on any atom is -0.493 e. The maximum Gasteiger partial charge on any atom is 0.337 e. The van der Waals surface area contributed by atoms with Crippen molar-refractivity contribution < 1.29 is 14.3 Å². The van der Waals surface area contributed by atoms with Crippen LogP contribution in [0.2, 0.25) is 0 Å². The van der Waals surface area contributed by atoms with Crippen molar-refractivity contribution in [2.75, 3.05) is 19.0 Å². The van der Waals surface area contributed by atoms with E-state index in [2.05, 4.69) is 70.3 Å². The molecule has 1 unspecified atom stereocenters. The summed E-state index contributed by atoms with van der Waals surface area (Å²) >= 11 is 0. The standard InChI is InChI=1S/C32H30N4O3/c1-3-21-8-10-24(11-9-21)34-25-12-13-26-23(15-17-39-30(26)19-25)20-36-29-7-5-4-6-27(29)35-31(36)28-18-22(14-16-33-28)32(37)38-2/h4-14,16,18-19,23,34H,3,15,17,20H2,1-2H3. The van der Waals surface area contributed by atoms with Crippen LogP contribution in [-0.4, -0.2) is 34.2 Å². The molecule has 0 amide bonds. The van der Waals surface area contributed by atoms with Gasteiger partial charge in [0.1, 0.15) is 11.4 Å². The third kappa shape index (κ3) is 4.95. The molecule has 7 heteroatoms. The Morgan fingerprint density at radius 3 is 2.69 bits per heavy atom. The molecule has 0 bridgehead atoms. The minimum absolute atomic E-state index is 0.229. The van der Waals surface area contributed by atoms with E-state index in [1.807, 2.05) is 18.2 Å². The molecule has 0 fully saturated rings. The molecule has 0 saturated heterocycles. The largest absolute Gasteiger partial charge is 0.493 e. The summed E-state index contributed by atoms with van der Waals surface area (Å²) in [5.74, 6) is 1.46. The average Bonchev–Trinajstić information content (AvgIpc) is 3.35. The smallest absolute Gasteiger partial charge is 0.337 e. The van der Waals surface area contributed by atoms with Gasteiger partial charge in [0.25, 0.3) is 0 Å². The molecule has 5 aromatic rings. The molecule has 6 rings (SSSR count). The van der Waals surface area contributed by atoms with Gasteiger partial charge in [-0.3, -0.25) is 4.98 Å². The van der Waals surface area contributed by atoms with Crippen molar-refractivity contribution in [3.05, 3.63) is 102 Å². The van der Waals surface area contributed by atoms with Crippen LogP contribution in [0, 0.1) is 0 Å². The van der Waals surface area contributed by atoms with Gasteiger partial charge in [-0.15, -0.1) is 0 Å². The number of nitrogens with one attached hydrogen (secondary N) is 1. The Labute approximate surface area is 227 Å². The highest BCUT2D eigenvalue weighted by Gasteiger charge is 2.25. The van der Waals surface area contributed by atoms with Crippen LogP contribution in [0.1, 0.15) is 40.7 Å². The first-order valence-electron chi connectivity index (χ1n) is 13.3. The Kier molecular flexibility index (Phi) is 6.71. The molecule has 1 aliphatic heterocycles. The minimum atomic E-state index is -0.398. The molecule has 3 heterocycles. The summed E-state index contributed by atoms with van der Waals surface area (Å²) in [5, 5.41) is 3.50. The number of benzene rings is 3. The second-order valence-electron chi connectivity index (χ2n) is 9.72. The van der Waals surface area contributed by atoms with Crippen molar-refractivity contribution in [3.8, 4) is 17.3 Å². The van der Waals surface area contributed by atoms with E-state index in [4.69, 9.17) is 14.5 Å². The number of anilines is 2. The van der Waals surface area contributed by atoms with E-state index < -0.39 is 5.97 Å². The van der Waals surface area contributed by atoms with Gasteiger partial charge in [-0.1, -0.05) is 37.3 Å². The number of ether oxygens (including phenoxy) is 2. The molecule has 0 saturated carbocycles. The lowest BCUT2D eigenvalue weighted by molar-refractivity contribution is 0.0600. The number of nitrogens with zero attached hydrogens (tertiary/aromatic N) is 3. The van der Waals surface area contributed by atoms with Crippen LogP contribution >= 0.6 is 0 Å². The van der Waals surface area contributed by atoms with Gasteiger partial charge in [-0.05, 0) is 66.4 Å². The highest BCUT2D eigenvalue weighted by atomic mass is 16.5. The third-order valence-corrected chi connectivity index (χ3v) is 7.30. The number of imidazole rings is 1. The second kappa shape index (κ2) is 10.6. The summed E-state index contributed by atoms with van der Waals surface area (Å²) in [6.45, 7) is 3.51. The fourth-order valence-corrected chi connectivity index (χ4v) is 5.20. The Hall–Kier alpha value is -4.65. The maximum absolute atomic E-state index is 12.2. The van der Waals surface area contributed by atoms with Crippen molar-refractivity contribution in [2.45, 2.75) is 32.2 Å². The number of pyridine rings is 1. The van der Waals surface area contributed by atoms with Gasteiger partial charge in [-0.2, -0.15) is 0 Å². The zero-order valence-electron chi connectivity index (χ0n) is 22.1. The lowest BCUT2D eigenvalue weighted by atomic mass is 9.92. The lowest BCUT2D eigenvalue weighted by Crippen LogP contribution is -2.19. The molecule has 1 atom stereocenters. The van der Waals surface area contributed by atoms with E-state index in [0.29, 0.717) is 24.4 Å². The maximum atomic E-state index is 12.2. The Bertz CT molecular complexity index is 1640. The highest BCUT2D eigenvalue weighted by molar-refractivity contribution is 5.90. The van der Waals surface area contributed by atoms with E-state index in [1.54, 1.807) is 18.3 Å². The van der Waals surface area contributed by atoms with Gasteiger partial charge >= 0.3 is 5.97 Å². The predicted molar refractivity (Wildman–Crippen MR) is 153 cm³/mol. The molecule has 1 aliphatic rings. The highest BCUT2D eigenvalue weighted by Crippen LogP contribution is 2.38. The van der Waals surface area contributed by atoms with E-state index in [1.165, 1.54) is 18.2 Å². The Morgan fingerprint density at radius 2 is 1.87 bits per heavy atom. The van der Waals surface area contributed by atoms with Crippen molar-refractivity contribution in [1.82, 2.24) is 14.5 Å². The molecule has 196 valence electrons. The number of carbonyl (C=O) groups is 1. The quantitative estimate of drug-likeness (QED) is 0.240. The summed E-state index contributed by atoms with van der Waals surface area (Å²) in [4.78, 5) is 21.7. The average molecular weight is 519 g/mol. The van der Waals surface area contributed by atoms with Gasteiger partial charge in [0, 0.05) is 36.1 Å². The van der Waals surface area contributed by atoms with E-state index >= 15 is 0 Å². The Balaban J connectivity index is 1.32. The third-order valence-electron chi connectivity index (χ3n) is 7.30. The van der Waals surface area contributed by atoms with E-state index in [9.17, 15) is 4.79 Å². The number of carbonyl (C=O) groups excluding carboxylic acids is 1. The first kappa shape index (κ1) is 24.7. The van der Waals surface area contributed by atoms with Crippen molar-refractivity contribution >= 4 is 28.4 Å². The van der Waals surface area contributed by atoms with Crippen molar-refractivity contribution in [1.29, 1.82) is 0 Å². The van der Waals surface area contributed by atoms with Gasteiger partial charge in [0.2, 0.25) is 0 Å². The molecule has 1 N–H and O–H groups in total. The molecule has 0 spiro atoms. The zero-order valence-corrected chi connectivity index (χ0v) is 22.1. The van der Waals surface area contributed by atoms with Crippen LogP contribution < -0.4 is 10.1 Å². The summed E-state index contributed by atoms with van der Waals surface area (Å²) in [6.07, 6.45) is 3.54. The van der Waals surface area contributed by atoms with E-state index in [-0.39, 0.29) is 5.92 Å². The van der Waals surface area contributed by atoms with Crippen LogP contribution in [0.15, 0.2) is 85.1 Å². The van der Waals surface area contributed by atoms with Crippen LogP contribution in [-0.2, 0) is 17.7 Å². The van der Waals surface area contributed by atoms with E-state index in [0.717, 1.165) is 46.8 Å². The fourth-order valence-electron chi connectivity index (χ4n) is 5.20. The molecule has 3 aromatic carbocycles. The fraction of sp³-hybridized carbons (Fsp3) is 0.219. The lowest BCUT2D eigenvalue weighted by Gasteiger charge is -2.27. The topological polar surface area (TPSA) is 78.3 Å². The van der Waals surface area contributed by atoms with Crippen LogP contribution in [0.3, 0.4) is 0 Å². The van der Waals surface area contributed by atoms with Crippen LogP contribution in [0.4, 0.5) is 11.4 Å². The molecule has 7 nitrogen and oxygen atoms in total. The van der Waals surface area contributed by atoms with Crippen LogP contribution in [0.5, 0.6) is 5.75 Å². The summed E-state index contributed by atoms with van der Waals surface area (Å²) in [7, 11) is 1.38. The summed E-state index contributed by atoms with van der Waals surface area (Å²) in [6, 6.07) is 26.4. The second-order valence-corrected chi connectivity index (χ2v) is 9.72. The molecule has 39 heavy (non-hydrogen) atoms. The van der Waals surface area contributed by atoms with Crippen molar-refractivity contribution in [3.63, 3.8) is 0 Å². The number of methoxy groups -OCH3 is 1. The van der Waals surface area contributed by atoms with Crippen molar-refractivity contribution in [2.24, 2.45) is 0 Å². The number of aryl methyl sites for hydroxylation is 1. The molecular weight excluding hydrogens is 488 g/mol. The number of esters is 1.